The summed E-state index contributed by atoms with van der Waals surface area (Å²) in [5.41, 5.74) is 1.30. The molecule has 33 heavy (non-hydrogen) atoms. The smallest absolute Gasteiger partial charge is 0.343 e. The maximum absolute atomic E-state index is 12.0. The van der Waals surface area contributed by atoms with Crippen molar-refractivity contribution in [2.45, 2.75) is 52.6 Å². The van der Waals surface area contributed by atoms with Crippen LogP contribution in [-0.2, 0) is 12.8 Å². The molecule has 3 rings (SSSR count). The second kappa shape index (κ2) is 11.0. The van der Waals surface area contributed by atoms with Crippen molar-refractivity contribution in [3.05, 3.63) is 63.7 Å². The summed E-state index contributed by atoms with van der Waals surface area (Å²) >= 11 is 0. The van der Waals surface area contributed by atoms with Crippen LogP contribution in [0.15, 0.2) is 45.8 Å². The second-order valence-electron chi connectivity index (χ2n) is 7.98. The van der Waals surface area contributed by atoms with E-state index in [0.717, 1.165) is 23.8 Å². The number of rotatable bonds is 11. The minimum Gasteiger partial charge on any atom is -0.507 e. The summed E-state index contributed by atoms with van der Waals surface area (Å²) in [5, 5.41) is 22.2. The Morgan fingerprint density at radius 2 is 1.55 bits per heavy atom. The van der Waals surface area contributed by atoms with Crippen LogP contribution in [0.5, 0.6) is 17.2 Å². The number of aliphatic hydroxyl groups is 1. The van der Waals surface area contributed by atoms with Crippen LogP contribution in [0.4, 0.5) is 0 Å². The lowest BCUT2D eigenvalue weighted by atomic mass is 10.0. The SMILES string of the molecule is CCCc1c(OCC(O)COc2ccc3c(=O)occc3c2CCC)ccc(C(C)=O)c1O. The summed E-state index contributed by atoms with van der Waals surface area (Å²) in [5.74, 6) is 0.741. The fourth-order valence-electron chi connectivity index (χ4n) is 3.83. The van der Waals surface area contributed by atoms with E-state index in [0.29, 0.717) is 35.3 Å². The number of carbonyl (C=O) groups excluding carboxylic acids is 1. The van der Waals surface area contributed by atoms with Crippen molar-refractivity contribution in [2.75, 3.05) is 13.2 Å². The van der Waals surface area contributed by atoms with Gasteiger partial charge in [-0.15, -0.1) is 0 Å². The van der Waals surface area contributed by atoms with Crippen LogP contribution in [0.1, 0.15) is 55.1 Å². The first-order valence-electron chi connectivity index (χ1n) is 11.2. The number of benzene rings is 2. The van der Waals surface area contributed by atoms with Crippen LogP contribution in [0.2, 0.25) is 0 Å². The number of Topliss-reactive ketones (excluding diaryl/α,β-unsaturated/α-hetero) is 1. The molecule has 0 aliphatic heterocycles. The van der Waals surface area contributed by atoms with Gasteiger partial charge >= 0.3 is 5.63 Å². The molecule has 2 N–H and O–H groups in total. The highest BCUT2D eigenvalue weighted by Crippen LogP contribution is 2.33. The summed E-state index contributed by atoms with van der Waals surface area (Å²) in [7, 11) is 0. The summed E-state index contributed by atoms with van der Waals surface area (Å²) in [6.45, 7) is 5.35. The van der Waals surface area contributed by atoms with Gasteiger partial charge in [0.05, 0.1) is 17.2 Å². The second-order valence-corrected chi connectivity index (χ2v) is 7.98. The van der Waals surface area contributed by atoms with E-state index in [2.05, 4.69) is 0 Å². The van der Waals surface area contributed by atoms with E-state index in [1.807, 2.05) is 13.8 Å². The molecule has 0 fully saturated rings. The van der Waals surface area contributed by atoms with Gasteiger partial charge in [-0.3, -0.25) is 4.79 Å². The third kappa shape index (κ3) is 5.54. The van der Waals surface area contributed by atoms with Gasteiger partial charge < -0.3 is 24.1 Å². The molecular weight excluding hydrogens is 424 g/mol. The first-order valence-corrected chi connectivity index (χ1v) is 11.2. The number of phenols is 1. The van der Waals surface area contributed by atoms with Gasteiger partial charge in [0.1, 0.15) is 36.6 Å². The highest BCUT2D eigenvalue weighted by molar-refractivity contribution is 5.97. The van der Waals surface area contributed by atoms with Gasteiger partial charge in [0.15, 0.2) is 5.78 Å². The number of aromatic hydroxyl groups is 1. The maximum atomic E-state index is 12.0. The van der Waals surface area contributed by atoms with E-state index >= 15 is 0 Å². The highest BCUT2D eigenvalue weighted by Gasteiger charge is 2.18. The Kier molecular flexibility index (Phi) is 8.11. The molecule has 1 heterocycles. The topological polar surface area (TPSA) is 106 Å². The van der Waals surface area contributed by atoms with Gasteiger partial charge in [-0.25, -0.2) is 4.79 Å². The van der Waals surface area contributed by atoms with Crippen LogP contribution in [0.25, 0.3) is 10.8 Å². The minimum absolute atomic E-state index is 0.00964. The molecule has 2 aromatic carbocycles. The Morgan fingerprint density at radius 1 is 0.939 bits per heavy atom. The Morgan fingerprint density at radius 3 is 2.18 bits per heavy atom. The Labute approximate surface area is 192 Å². The van der Waals surface area contributed by atoms with Crippen LogP contribution < -0.4 is 15.1 Å². The van der Waals surface area contributed by atoms with Gasteiger partial charge in [0.25, 0.3) is 0 Å². The fraction of sp³-hybridized carbons (Fsp3) is 0.385. The van der Waals surface area contributed by atoms with Crippen LogP contribution in [0.3, 0.4) is 0 Å². The average molecular weight is 455 g/mol. The van der Waals surface area contributed by atoms with Crippen LogP contribution in [0, 0.1) is 0 Å². The third-order valence-corrected chi connectivity index (χ3v) is 5.43. The molecule has 0 aliphatic rings. The lowest BCUT2D eigenvalue weighted by Crippen LogP contribution is -2.25. The predicted octanol–water partition coefficient (Wildman–Crippen LogP) is 4.42. The van der Waals surface area contributed by atoms with E-state index in [-0.39, 0.29) is 30.3 Å². The first kappa shape index (κ1) is 24.3. The zero-order chi connectivity index (χ0) is 24.0. The fourth-order valence-corrected chi connectivity index (χ4v) is 3.83. The molecule has 7 nitrogen and oxygen atoms in total. The van der Waals surface area contributed by atoms with Crippen LogP contribution in [-0.4, -0.2) is 35.3 Å². The van der Waals surface area contributed by atoms with Crippen LogP contribution >= 0.6 is 0 Å². The monoisotopic (exact) mass is 454 g/mol. The third-order valence-electron chi connectivity index (χ3n) is 5.43. The molecule has 1 atom stereocenters. The molecule has 0 aliphatic carbocycles. The zero-order valence-corrected chi connectivity index (χ0v) is 19.2. The standard InChI is InChI=1S/C26H30O7/c1-4-6-20-19-12-13-31-26(30)21(19)9-11-23(20)32-14-17(28)15-33-24-10-8-18(16(3)27)25(29)22(24)7-5-2/h8-13,17,28-29H,4-7,14-15H2,1-3H3. The number of carbonyl (C=O) groups is 1. The van der Waals surface area contributed by atoms with E-state index in [9.17, 15) is 19.8 Å². The summed E-state index contributed by atoms with van der Waals surface area (Å²) < 4.78 is 16.6. The lowest BCUT2D eigenvalue weighted by Gasteiger charge is -2.18. The molecule has 0 amide bonds. The highest BCUT2D eigenvalue weighted by atomic mass is 16.5. The van der Waals surface area contributed by atoms with Gasteiger partial charge in [0, 0.05) is 11.1 Å². The lowest BCUT2D eigenvalue weighted by molar-refractivity contribution is 0.0619. The number of ether oxygens (including phenoxy) is 2. The molecule has 1 unspecified atom stereocenters. The van der Waals surface area contributed by atoms with Crippen molar-refractivity contribution < 1.29 is 28.9 Å². The van der Waals surface area contributed by atoms with Gasteiger partial charge in [-0.1, -0.05) is 26.7 Å². The Hall–Kier alpha value is -3.32. The molecule has 0 saturated carbocycles. The summed E-state index contributed by atoms with van der Waals surface area (Å²) in [6, 6.07) is 8.30. The summed E-state index contributed by atoms with van der Waals surface area (Å²) in [6.07, 6.45) is 3.32. The normalized spacial score (nSPS) is 12.0. The van der Waals surface area contributed by atoms with E-state index in [1.54, 1.807) is 24.3 Å². The van der Waals surface area contributed by atoms with Gasteiger partial charge in [0.2, 0.25) is 0 Å². The van der Waals surface area contributed by atoms with Gasteiger partial charge in [-0.05, 0) is 55.5 Å². The van der Waals surface area contributed by atoms with Gasteiger partial charge in [-0.2, -0.15) is 0 Å². The Bertz CT molecular complexity index is 1180. The summed E-state index contributed by atoms with van der Waals surface area (Å²) in [4.78, 5) is 23.7. The molecule has 0 spiro atoms. The molecule has 7 heteroatoms. The quantitative estimate of drug-likeness (QED) is 0.413. The first-order chi connectivity index (χ1) is 15.9. The number of hydrogen-bond acceptors (Lipinski definition) is 7. The zero-order valence-electron chi connectivity index (χ0n) is 19.2. The number of aryl methyl sites for hydroxylation is 1. The predicted molar refractivity (Wildman–Crippen MR) is 126 cm³/mol. The van der Waals surface area contributed by atoms with Crippen molar-refractivity contribution in [2.24, 2.45) is 0 Å². The van der Waals surface area contributed by atoms with Crippen molar-refractivity contribution in [3.8, 4) is 17.2 Å². The molecule has 176 valence electrons. The van der Waals surface area contributed by atoms with E-state index < -0.39 is 11.7 Å². The largest absolute Gasteiger partial charge is 0.507 e. The maximum Gasteiger partial charge on any atom is 0.343 e. The molecule has 0 radical (unpaired) electrons. The van der Waals surface area contributed by atoms with Crippen molar-refractivity contribution >= 4 is 16.6 Å². The van der Waals surface area contributed by atoms with Crippen molar-refractivity contribution in [3.63, 3.8) is 0 Å². The number of ketones is 1. The minimum atomic E-state index is -0.930. The molecule has 0 saturated heterocycles. The van der Waals surface area contributed by atoms with E-state index in [4.69, 9.17) is 13.9 Å². The number of aliphatic hydroxyl groups excluding tert-OH is 1. The molecular formula is C26H30O7. The van der Waals surface area contributed by atoms with Crippen molar-refractivity contribution in [1.82, 2.24) is 0 Å². The molecule has 0 bridgehead atoms. The number of phenolic OH excluding ortho intramolecular Hbond substituents is 1. The number of hydrogen-bond donors (Lipinski definition) is 2. The molecule has 3 aromatic rings. The number of fused-ring (bicyclic) bond motifs is 1. The van der Waals surface area contributed by atoms with E-state index in [1.165, 1.54) is 19.3 Å². The Balaban J connectivity index is 1.71. The average Bonchev–Trinajstić information content (AvgIpc) is 2.79. The molecule has 1 aromatic heterocycles. The van der Waals surface area contributed by atoms with Crippen molar-refractivity contribution in [1.29, 1.82) is 0 Å².